The molecule has 22 heavy (non-hydrogen) atoms. The molecule has 0 aromatic heterocycles. The summed E-state index contributed by atoms with van der Waals surface area (Å²) >= 11 is 0. The number of aliphatic imine (C=N–C) groups is 1. The third-order valence-corrected chi connectivity index (χ3v) is 3.06. The zero-order chi connectivity index (χ0) is 15.9. The summed E-state index contributed by atoms with van der Waals surface area (Å²) in [5.74, 6) is 0.406. The Morgan fingerprint density at radius 1 is 1.27 bits per heavy atom. The Bertz CT molecular complexity index is 644. The maximum Gasteiger partial charge on any atom is 0.193 e. The molecule has 2 aromatic rings. The highest BCUT2D eigenvalue weighted by atomic mass is 19.1. The summed E-state index contributed by atoms with van der Waals surface area (Å²) in [4.78, 5) is 4.01. The SMILES string of the molecule is COc1ccc(NC(N)=NCC(O)c2ccccc2F)cc1. The standard InChI is InChI=1S/C16H18FN3O2/c1-22-12-8-6-11(7-9-12)20-16(18)19-10-15(21)13-4-2-3-5-14(13)17/h2-9,15,21H,10H2,1H3,(H3,18,19,20). The predicted octanol–water partition coefficient (Wildman–Crippen LogP) is 2.29. The molecule has 2 rings (SSSR count). The molecule has 0 aliphatic rings. The van der Waals surface area contributed by atoms with Gasteiger partial charge in [-0.2, -0.15) is 0 Å². The van der Waals surface area contributed by atoms with Crippen molar-refractivity contribution in [2.45, 2.75) is 6.10 Å². The van der Waals surface area contributed by atoms with Crippen molar-refractivity contribution in [3.63, 3.8) is 0 Å². The fourth-order valence-electron chi connectivity index (χ4n) is 1.89. The van der Waals surface area contributed by atoms with Crippen molar-refractivity contribution in [3.8, 4) is 5.75 Å². The average Bonchev–Trinajstić information content (AvgIpc) is 2.54. The fourth-order valence-corrected chi connectivity index (χ4v) is 1.89. The normalized spacial score (nSPS) is 12.8. The molecule has 2 aromatic carbocycles. The predicted molar refractivity (Wildman–Crippen MR) is 84.5 cm³/mol. The van der Waals surface area contributed by atoms with Gasteiger partial charge in [0.15, 0.2) is 5.96 Å². The van der Waals surface area contributed by atoms with Gasteiger partial charge in [0.25, 0.3) is 0 Å². The second kappa shape index (κ2) is 7.42. The van der Waals surface area contributed by atoms with E-state index in [-0.39, 0.29) is 18.1 Å². The number of methoxy groups -OCH3 is 1. The summed E-state index contributed by atoms with van der Waals surface area (Å²) < 4.78 is 18.6. The lowest BCUT2D eigenvalue weighted by atomic mass is 10.1. The zero-order valence-electron chi connectivity index (χ0n) is 12.2. The van der Waals surface area contributed by atoms with Gasteiger partial charge < -0.3 is 20.9 Å². The zero-order valence-corrected chi connectivity index (χ0v) is 12.2. The summed E-state index contributed by atoms with van der Waals surface area (Å²) in [5.41, 5.74) is 6.68. The van der Waals surface area contributed by atoms with Crippen LogP contribution in [0.15, 0.2) is 53.5 Å². The van der Waals surface area contributed by atoms with Crippen molar-refractivity contribution < 1.29 is 14.2 Å². The minimum Gasteiger partial charge on any atom is -0.497 e. The molecule has 0 heterocycles. The molecule has 0 radical (unpaired) electrons. The summed E-state index contributed by atoms with van der Waals surface area (Å²) in [5, 5.41) is 12.8. The van der Waals surface area contributed by atoms with Gasteiger partial charge in [0.2, 0.25) is 0 Å². The number of nitrogens with two attached hydrogens (primary N) is 1. The largest absolute Gasteiger partial charge is 0.497 e. The van der Waals surface area contributed by atoms with E-state index in [0.29, 0.717) is 0 Å². The Labute approximate surface area is 128 Å². The third-order valence-electron chi connectivity index (χ3n) is 3.06. The molecule has 0 amide bonds. The van der Waals surface area contributed by atoms with Gasteiger partial charge in [0.1, 0.15) is 17.7 Å². The molecule has 0 aliphatic carbocycles. The molecule has 0 saturated carbocycles. The van der Waals surface area contributed by atoms with Gasteiger partial charge in [0.05, 0.1) is 13.7 Å². The molecule has 1 atom stereocenters. The van der Waals surface area contributed by atoms with Crippen LogP contribution in [0.5, 0.6) is 5.75 Å². The highest BCUT2D eigenvalue weighted by Crippen LogP contribution is 2.17. The van der Waals surface area contributed by atoms with E-state index in [1.54, 1.807) is 43.5 Å². The van der Waals surface area contributed by atoms with E-state index in [9.17, 15) is 9.50 Å². The summed E-state index contributed by atoms with van der Waals surface area (Å²) in [7, 11) is 1.59. The summed E-state index contributed by atoms with van der Waals surface area (Å²) in [6.45, 7) is -0.0318. The van der Waals surface area contributed by atoms with Crippen LogP contribution < -0.4 is 15.8 Å². The number of benzene rings is 2. The molecule has 6 heteroatoms. The number of aliphatic hydroxyl groups excluding tert-OH is 1. The van der Waals surface area contributed by atoms with Crippen molar-refractivity contribution in [2.24, 2.45) is 10.7 Å². The van der Waals surface area contributed by atoms with Gasteiger partial charge in [-0.1, -0.05) is 18.2 Å². The molecule has 1 unspecified atom stereocenters. The molecule has 4 N–H and O–H groups in total. The number of halogens is 1. The number of nitrogens with one attached hydrogen (secondary N) is 1. The Kier molecular flexibility index (Phi) is 5.32. The Balaban J connectivity index is 1.95. The van der Waals surface area contributed by atoms with Crippen LogP contribution in [-0.2, 0) is 0 Å². The Morgan fingerprint density at radius 3 is 2.59 bits per heavy atom. The second-order valence-corrected chi connectivity index (χ2v) is 4.62. The lowest BCUT2D eigenvalue weighted by Crippen LogP contribution is -2.23. The lowest BCUT2D eigenvalue weighted by molar-refractivity contribution is 0.182. The number of hydrogen-bond acceptors (Lipinski definition) is 3. The van der Waals surface area contributed by atoms with E-state index >= 15 is 0 Å². The summed E-state index contributed by atoms with van der Waals surface area (Å²) in [6, 6.07) is 13.2. The van der Waals surface area contributed by atoms with E-state index in [4.69, 9.17) is 10.5 Å². The number of aliphatic hydroxyl groups is 1. The van der Waals surface area contributed by atoms with Crippen LogP contribution in [0.2, 0.25) is 0 Å². The van der Waals surface area contributed by atoms with E-state index in [2.05, 4.69) is 10.3 Å². The fraction of sp³-hybridized carbons (Fsp3) is 0.188. The van der Waals surface area contributed by atoms with Crippen molar-refractivity contribution in [3.05, 3.63) is 59.9 Å². The van der Waals surface area contributed by atoms with Crippen LogP contribution in [0.4, 0.5) is 10.1 Å². The summed E-state index contributed by atoms with van der Waals surface area (Å²) in [6.07, 6.45) is -1.04. The minimum atomic E-state index is -1.04. The van der Waals surface area contributed by atoms with Crippen LogP contribution in [0.3, 0.4) is 0 Å². The Morgan fingerprint density at radius 2 is 1.95 bits per heavy atom. The molecular weight excluding hydrogens is 285 g/mol. The topological polar surface area (TPSA) is 79.9 Å². The smallest absolute Gasteiger partial charge is 0.193 e. The van der Waals surface area contributed by atoms with Crippen molar-refractivity contribution in [2.75, 3.05) is 19.0 Å². The van der Waals surface area contributed by atoms with Gasteiger partial charge in [0, 0.05) is 11.3 Å². The van der Waals surface area contributed by atoms with Crippen LogP contribution in [0.25, 0.3) is 0 Å². The molecule has 0 fully saturated rings. The second-order valence-electron chi connectivity index (χ2n) is 4.62. The van der Waals surface area contributed by atoms with Gasteiger partial charge in [-0.25, -0.2) is 4.39 Å². The van der Waals surface area contributed by atoms with Crippen LogP contribution in [-0.4, -0.2) is 24.7 Å². The highest BCUT2D eigenvalue weighted by molar-refractivity contribution is 5.92. The first kappa shape index (κ1) is 15.8. The first-order valence-corrected chi connectivity index (χ1v) is 6.73. The molecular formula is C16H18FN3O2. The van der Waals surface area contributed by atoms with Crippen molar-refractivity contribution >= 4 is 11.6 Å². The first-order chi connectivity index (χ1) is 10.6. The number of nitrogens with zero attached hydrogens (tertiary/aromatic N) is 1. The van der Waals surface area contributed by atoms with Crippen molar-refractivity contribution in [1.29, 1.82) is 0 Å². The number of hydrogen-bond donors (Lipinski definition) is 3. The molecule has 0 spiro atoms. The van der Waals surface area contributed by atoms with Gasteiger partial charge >= 0.3 is 0 Å². The van der Waals surface area contributed by atoms with E-state index in [1.165, 1.54) is 12.1 Å². The van der Waals surface area contributed by atoms with Crippen LogP contribution in [0.1, 0.15) is 11.7 Å². The van der Waals surface area contributed by atoms with E-state index in [1.807, 2.05) is 0 Å². The molecule has 0 aliphatic heterocycles. The maximum absolute atomic E-state index is 13.5. The third kappa shape index (κ3) is 4.20. The van der Waals surface area contributed by atoms with E-state index < -0.39 is 11.9 Å². The molecule has 5 nitrogen and oxygen atoms in total. The number of anilines is 1. The van der Waals surface area contributed by atoms with Gasteiger partial charge in [-0.3, -0.25) is 4.99 Å². The monoisotopic (exact) mass is 303 g/mol. The quantitative estimate of drug-likeness (QED) is 0.585. The Hall–Kier alpha value is -2.60. The first-order valence-electron chi connectivity index (χ1n) is 6.73. The van der Waals surface area contributed by atoms with Crippen molar-refractivity contribution in [1.82, 2.24) is 0 Å². The highest BCUT2D eigenvalue weighted by Gasteiger charge is 2.11. The molecule has 116 valence electrons. The molecule has 0 bridgehead atoms. The number of rotatable bonds is 5. The maximum atomic E-state index is 13.5. The van der Waals surface area contributed by atoms with Gasteiger partial charge in [-0.05, 0) is 30.3 Å². The van der Waals surface area contributed by atoms with Crippen LogP contribution >= 0.6 is 0 Å². The lowest BCUT2D eigenvalue weighted by Gasteiger charge is -2.11. The molecule has 0 saturated heterocycles. The van der Waals surface area contributed by atoms with Crippen LogP contribution in [0, 0.1) is 5.82 Å². The minimum absolute atomic E-state index is 0.0318. The average molecular weight is 303 g/mol. The number of ether oxygens (including phenoxy) is 1. The van der Waals surface area contributed by atoms with E-state index in [0.717, 1.165) is 11.4 Å². The number of guanidine groups is 1. The van der Waals surface area contributed by atoms with Gasteiger partial charge in [-0.15, -0.1) is 0 Å².